The van der Waals surface area contributed by atoms with Gasteiger partial charge in [-0.25, -0.2) is 0 Å². The Morgan fingerprint density at radius 1 is 0.923 bits per heavy atom. The van der Waals surface area contributed by atoms with Crippen LogP contribution in [0.25, 0.3) is 0 Å². The van der Waals surface area contributed by atoms with Gasteiger partial charge >= 0.3 is 23.1 Å². The molecule has 0 N–H and O–H groups in total. The molecule has 13 heavy (non-hydrogen) atoms. The summed E-state index contributed by atoms with van der Waals surface area (Å²) in [6.45, 7) is 2.00. The molecule has 0 atom stereocenters. The van der Waals surface area contributed by atoms with Gasteiger partial charge in [-0.1, -0.05) is 0 Å². The number of halogens is 1. The minimum absolute atomic E-state index is 0. The van der Waals surface area contributed by atoms with E-state index in [-0.39, 0.29) is 35.5 Å². The van der Waals surface area contributed by atoms with Crippen molar-refractivity contribution in [1.82, 2.24) is 0 Å². The molecule has 68 valence electrons. The molecule has 0 bridgehead atoms. The molecule has 1 aromatic carbocycles. The molecule has 0 amide bonds. The van der Waals surface area contributed by atoms with Gasteiger partial charge in [0.25, 0.3) is 0 Å². The molecule has 0 aromatic heterocycles. The summed E-state index contributed by atoms with van der Waals surface area (Å²) in [5.41, 5.74) is 0. The Labute approximate surface area is 102 Å². The molecule has 0 saturated carbocycles. The summed E-state index contributed by atoms with van der Waals surface area (Å²) in [7, 11) is 0. The zero-order valence-electron chi connectivity index (χ0n) is 7.71. The first kappa shape index (κ1) is 15.7. The Morgan fingerprint density at radius 3 is 1.62 bits per heavy atom. The molecule has 1 nitrogen and oxygen atoms in total. The summed E-state index contributed by atoms with van der Waals surface area (Å²) in [6.07, 6.45) is 2.56. The SMILES string of the molecule is C1CCOC1.[Cl-].[Mg+2].[c-]1ccccc1. The third-order valence-corrected chi connectivity index (χ3v) is 1.43. The van der Waals surface area contributed by atoms with Crippen molar-refractivity contribution < 1.29 is 17.1 Å². The molecule has 1 aromatic rings. The molecule has 0 unspecified atom stereocenters. The predicted molar refractivity (Wildman–Crippen MR) is 51.1 cm³/mol. The number of benzene rings is 1. The van der Waals surface area contributed by atoms with Crippen LogP contribution in [-0.4, -0.2) is 36.3 Å². The molecule has 2 rings (SSSR count). The van der Waals surface area contributed by atoms with Crippen LogP contribution < -0.4 is 12.4 Å². The zero-order chi connectivity index (χ0) is 7.78. The summed E-state index contributed by atoms with van der Waals surface area (Å²) < 4.78 is 4.94. The van der Waals surface area contributed by atoms with Crippen LogP contribution in [0.4, 0.5) is 0 Å². The van der Waals surface area contributed by atoms with E-state index in [1.165, 1.54) is 12.8 Å². The van der Waals surface area contributed by atoms with Gasteiger partial charge in [0.15, 0.2) is 0 Å². The molecule has 1 fully saturated rings. The van der Waals surface area contributed by atoms with E-state index in [1.54, 1.807) is 0 Å². The van der Waals surface area contributed by atoms with Gasteiger partial charge in [-0.3, -0.25) is 0 Å². The van der Waals surface area contributed by atoms with Crippen molar-refractivity contribution in [3.63, 3.8) is 0 Å². The second kappa shape index (κ2) is 12.2. The van der Waals surface area contributed by atoms with E-state index >= 15 is 0 Å². The van der Waals surface area contributed by atoms with E-state index in [1.807, 2.05) is 30.3 Å². The third-order valence-electron chi connectivity index (χ3n) is 1.43. The first-order valence-electron chi connectivity index (χ1n) is 3.99. The van der Waals surface area contributed by atoms with Crippen molar-refractivity contribution in [3.8, 4) is 0 Å². The van der Waals surface area contributed by atoms with Gasteiger partial charge in [0.2, 0.25) is 0 Å². The maximum Gasteiger partial charge on any atom is 2.00 e. The molecule has 0 aliphatic carbocycles. The largest absolute Gasteiger partial charge is 2.00 e. The van der Waals surface area contributed by atoms with Gasteiger partial charge in [0.05, 0.1) is 0 Å². The molecule has 1 aliphatic heterocycles. The van der Waals surface area contributed by atoms with Crippen LogP contribution in [-0.2, 0) is 4.74 Å². The Kier molecular flexibility index (Phi) is 14.8. The Hall–Kier alpha value is 0.236. The Bertz CT molecular complexity index is 132. The topological polar surface area (TPSA) is 9.23 Å². The van der Waals surface area contributed by atoms with E-state index in [2.05, 4.69) is 6.07 Å². The fourth-order valence-electron chi connectivity index (χ4n) is 0.852. The number of hydrogen-bond acceptors (Lipinski definition) is 1. The quantitative estimate of drug-likeness (QED) is 0.389. The predicted octanol–water partition coefficient (Wildman–Crippen LogP) is -1.09. The van der Waals surface area contributed by atoms with Crippen molar-refractivity contribution in [1.29, 1.82) is 0 Å². The van der Waals surface area contributed by atoms with Crippen LogP contribution in [0.2, 0.25) is 0 Å². The molecular formula is C10H13ClMgO. The normalized spacial score (nSPS) is 12.9. The van der Waals surface area contributed by atoms with Crippen molar-refractivity contribution in [3.05, 3.63) is 36.4 Å². The fraction of sp³-hybridized carbons (Fsp3) is 0.400. The van der Waals surface area contributed by atoms with E-state index in [4.69, 9.17) is 4.74 Å². The van der Waals surface area contributed by atoms with Crippen LogP contribution in [0.3, 0.4) is 0 Å². The molecule has 1 saturated heterocycles. The van der Waals surface area contributed by atoms with Crippen molar-refractivity contribution in [2.75, 3.05) is 13.2 Å². The van der Waals surface area contributed by atoms with Crippen molar-refractivity contribution in [2.24, 2.45) is 0 Å². The minimum Gasteiger partial charge on any atom is -1.00 e. The summed E-state index contributed by atoms with van der Waals surface area (Å²) in [6, 6.07) is 12.5. The van der Waals surface area contributed by atoms with Crippen LogP contribution in [0.1, 0.15) is 12.8 Å². The zero-order valence-corrected chi connectivity index (χ0v) is 9.88. The van der Waals surface area contributed by atoms with Gasteiger partial charge in [-0.15, -0.1) is 0 Å². The Morgan fingerprint density at radius 2 is 1.46 bits per heavy atom. The maximum absolute atomic E-state index is 4.94. The molecule has 0 spiro atoms. The molecule has 1 aliphatic rings. The second-order valence-electron chi connectivity index (χ2n) is 2.40. The average molecular weight is 209 g/mol. The number of hydrogen-bond donors (Lipinski definition) is 0. The Balaban J connectivity index is 0. The second-order valence-corrected chi connectivity index (χ2v) is 2.40. The first-order chi connectivity index (χ1) is 5.50. The monoisotopic (exact) mass is 208 g/mol. The average Bonchev–Trinajstić information content (AvgIpc) is 2.64. The number of ether oxygens (including phenoxy) is 1. The molecule has 1 heterocycles. The first-order valence-corrected chi connectivity index (χ1v) is 3.99. The van der Waals surface area contributed by atoms with Gasteiger partial charge in [0.1, 0.15) is 0 Å². The van der Waals surface area contributed by atoms with Crippen LogP contribution in [0, 0.1) is 6.07 Å². The van der Waals surface area contributed by atoms with Crippen LogP contribution in [0.15, 0.2) is 30.3 Å². The molecular weight excluding hydrogens is 196 g/mol. The van der Waals surface area contributed by atoms with Gasteiger partial charge < -0.3 is 17.1 Å². The van der Waals surface area contributed by atoms with E-state index < -0.39 is 0 Å². The summed E-state index contributed by atoms with van der Waals surface area (Å²) >= 11 is 0. The summed E-state index contributed by atoms with van der Waals surface area (Å²) in [5.74, 6) is 0. The third kappa shape index (κ3) is 10.2. The van der Waals surface area contributed by atoms with Crippen LogP contribution >= 0.6 is 0 Å². The van der Waals surface area contributed by atoms with Gasteiger partial charge in [-0.2, -0.15) is 36.4 Å². The van der Waals surface area contributed by atoms with Crippen LogP contribution in [0.5, 0.6) is 0 Å². The van der Waals surface area contributed by atoms with E-state index in [9.17, 15) is 0 Å². The van der Waals surface area contributed by atoms with E-state index in [0.717, 1.165) is 13.2 Å². The van der Waals surface area contributed by atoms with Gasteiger partial charge in [0, 0.05) is 13.2 Å². The van der Waals surface area contributed by atoms with E-state index in [0.29, 0.717) is 0 Å². The summed E-state index contributed by atoms with van der Waals surface area (Å²) in [5, 5.41) is 0. The molecule has 3 heteroatoms. The maximum atomic E-state index is 4.94. The number of rotatable bonds is 0. The minimum atomic E-state index is 0. The summed E-state index contributed by atoms with van der Waals surface area (Å²) in [4.78, 5) is 0. The van der Waals surface area contributed by atoms with Crippen molar-refractivity contribution in [2.45, 2.75) is 12.8 Å². The standard InChI is InChI=1S/C6H5.C4H8O.ClH.Mg/c1-2-4-6-5-3-1;1-2-4-5-3-1;;/h1-5H;1-4H2;1H;/q-1;;;+2/p-1. The fourth-order valence-corrected chi connectivity index (χ4v) is 0.852. The van der Waals surface area contributed by atoms with Crippen molar-refractivity contribution >= 4 is 23.1 Å². The molecule has 0 radical (unpaired) electrons. The van der Waals surface area contributed by atoms with Gasteiger partial charge in [-0.05, 0) is 12.8 Å². The smallest absolute Gasteiger partial charge is 1.00 e.